The number of fused-ring (bicyclic) bond motifs is 10. The van der Waals surface area contributed by atoms with Crippen molar-refractivity contribution in [2.24, 2.45) is 0 Å². The van der Waals surface area contributed by atoms with E-state index in [1.165, 1.54) is 60.1 Å². The average Bonchev–Trinajstić information content (AvgIpc) is 3.75. The van der Waals surface area contributed by atoms with E-state index in [1.807, 2.05) is 0 Å². The van der Waals surface area contributed by atoms with Crippen molar-refractivity contribution in [3.05, 3.63) is 170 Å². The molecule has 0 saturated heterocycles. The van der Waals surface area contributed by atoms with Gasteiger partial charge in [-0.05, 0) is 84.9 Å². The highest BCUT2D eigenvalue weighted by atomic mass is 16.3. The molecule has 0 saturated carbocycles. The topological polar surface area (TPSA) is 26.3 Å². The SMILES string of the molecule is c1ccc(-c2ccc3oc4c(-c5c6ccccc6c(-c6ccc7oc8ccc9ccccc9c8c7c6)c6ccccc56)cccc4c3c2)cc1. The van der Waals surface area contributed by atoms with Crippen molar-refractivity contribution in [2.75, 3.05) is 0 Å². The van der Waals surface area contributed by atoms with Crippen LogP contribution in [-0.2, 0) is 0 Å². The normalized spacial score (nSPS) is 12.0. The van der Waals surface area contributed by atoms with Crippen LogP contribution < -0.4 is 0 Å². The highest BCUT2D eigenvalue weighted by Gasteiger charge is 2.21. The lowest BCUT2D eigenvalue weighted by atomic mass is 9.85. The molecule has 0 atom stereocenters. The van der Waals surface area contributed by atoms with E-state index in [9.17, 15) is 0 Å². The summed E-state index contributed by atoms with van der Waals surface area (Å²) < 4.78 is 13.1. The lowest BCUT2D eigenvalue weighted by Crippen LogP contribution is -1.91. The summed E-state index contributed by atoms with van der Waals surface area (Å²) in [4.78, 5) is 0. The molecule has 0 aliphatic heterocycles. The third kappa shape index (κ3) is 3.90. The summed E-state index contributed by atoms with van der Waals surface area (Å²) in [7, 11) is 0. The molecule has 0 aliphatic rings. The number of furan rings is 2. The Bertz CT molecular complexity index is 3080. The van der Waals surface area contributed by atoms with E-state index in [-0.39, 0.29) is 0 Å². The average molecular weight is 637 g/mol. The van der Waals surface area contributed by atoms with Gasteiger partial charge in [-0.3, -0.25) is 0 Å². The molecule has 232 valence electrons. The summed E-state index contributed by atoms with van der Waals surface area (Å²) in [5, 5.41) is 11.8. The van der Waals surface area contributed by atoms with Crippen molar-refractivity contribution in [2.45, 2.75) is 0 Å². The van der Waals surface area contributed by atoms with Gasteiger partial charge in [0, 0.05) is 32.7 Å². The lowest BCUT2D eigenvalue weighted by Gasteiger charge is -2.18. The molecule has 2 aromatic heterocycles. The van der Waals surface area contributed by atoms with Gasteiger partial charge in [-0.25, -0.2) is 0 Å². The molecule has 0 fully saturated rings. The molecule has 0 bridgehead atoms. The number of para-hydroxylation sites is 1. The Morgan fingerprint density at radius 2 is 0.880 bits per heavy atom. The van der Waals surface area contributed by atoms with Crippen LogP contribution in [0.3, 0.4) is 0 Å². The molecule has 0 amide bonds. The van der Waals surface area contributed by atoms with Crippen LogP contribution in [0.15, 0.2) is 179 Å². The standard InChI is InChI=1S/C48H28O2/c1-2-11-29(12-3-1)31-22-24-42-40(27-31)38-19-10-20-39(48(38)50-42)46-36-17-8-6-15-34(36)45(35-16-7-9-18-37(35)46)32-23-25-43-41(28-32)47-33-14-5-4-13-30(33)21-26-44(47)49-43/h1-28H. The minimum Gasteiger partial charge on any atom is -0.456 e. The van der Waals surface area contributed by atoms with Gasteiger partial charge in [0.15, 0.2) is 0 Å². The van der Waals surface area contributed by atoms with Crippen molar-refractivity contribution in [1.29, 1.82) is 0 Å². The molecule has 2 nitrogen and oxygen atoms in total. The zero-order chi connectivity index (χ0) is 32.8. The molecular weight excluding hydrogens is 609 g/mol. The van der Waals surface area contributed by atoms with Crippen molar-refractivity contribution >= 4 is 76.2 Å². The van der Waals surface area contributed by atoms with Crippen LogP contribution in [0.1, 0.15) is 0 Å². The molecule has 0 spiro atoms. The molecule has 50 heavy (non-hydrogen) atoms. The molecule has 2 heterocycles. The first-order valence-corrected chi connectivity index (χ1v) is 17.1. The van der Waals surface area contributed by atoms with Crippen molar-refractivity contribution < 1.29 is 8.83 Å². The minimum atomic E-state index is 0.894. The highest BCUT2D eigenvalue weighted by molar-refractivity contribution is 6.25. The molecule has 9 aromatic carbocycles. The van der Waals surface area contributed by atoms with Gasteiger partial charge in [-0.2, -0.15) is 0 Å². The second-order valence-electron chi connectivity index (χ2n) is 13.2. The molecule has 2 heteroatoms. The van der Waals surface area contributed by atoms with Gasteiger partial charge in [-0.15, -0.1) is 0 Å². The van der Waals surface area contributed by atoms with E-state index >= 15 is 0 Å². The number of benzene rings is 9. The predicted octanol–water partition coefficient (Wildman–Crippen LogP) is 13.9. The Morgan fingerprint density at radius 1 is 0.300 bits per heavy atom. The van der Waals surface area contributed by atoms with E-state index < -0.39 is 0 Å². The van der Waals surface area contributed by atoms with E-state index in [1.54, 1.807) is 0 Å². The van der Waals surface area contributed by atoms with Gasteiger partial charge in [0.25, 0.3) is 0 Å². The zero-order valence-electron chi connectivity index (χ0n) is 27.0. The van der Waals surface area contributed by atoms with Crippen LogP contribution in [0.4, 0.5) is 0 Å². The number of rotatable bonds is 3. The Hall–Kier alpha value is -6.64. The van der Waals surface area contributed by atoms with E-state index in [4.69, 9.17) is 8.83 Å². The van der Waals surface area contributed by atoms with Crippen LogP contribution >= 0.6 is 0 Å². The summed E-state index contributed by atoms with van der Waals surface area (Å²) >= 11 is 0. The number of hydrogen-bond acceptors (Lipinski definition) is 2. The Labute approximate surface area is 287 Å². The van der Waals surface area contributed by atoms with Crippen molar-refractivity contribution in [3.63, 3.8) is 0 Å². The largest absolute Gasteiger partial charge is 0.456 e. The maximum atomic E-state index is 6.75. The van der Waals surface area contributed by atoms with Crippen LogP contribution in [0.5, 0.6) is 0 Å². The summed E-state index contributed by atoms with van der Waals surface area (Å²) in [5.74, 6) is 0. The lowest BCUT2D eigenvalue weighted by molar-refractivity contribution is 0.669. The molecule has 11 aromatic rings. The van der Waals surface area contributed by atoms with Crippen LogP contribution in [0.25, 0.3) is 110 Å². The molecule has 0 radical (unpaired) electrons. The fourth-order valence-corrected chi connectivity index (χ4v) is 8.24. The fraction of sp³-hybridized carbons (Fsp3) is 0. The molecule has 0 unspecified atom stereocenters. The third-order valence-electron chi connectivity index (χ3n) is 10.5. The van der Waals surface area contributed by atoms with Crippen LogP contribution in [0, 0.1) is 0 Å². The van der Waals surface area contributed by atoms with Crippen molar-refractivity contribution in [3.8, 4) is 33.4 Å². The minimum absolute atomic E-state index is 0.894. The highest BCUT2D eigenvalue weighted by Crippen LogP contribution is 2.47. The molecule has 0 N–H and O–H groups in total. The Balaban J connectivity index is 1.19. The summed E-state index contributed by atoms with van der Waals surface area (Å²) in [5.41, 5.74) is 10.7. The van der Waals surface area contributed by atoms with Gasteiger partial charge in [0.1, 0.15) is 22.3 Å². The van der Waals surface area contributed by atoms with Gasteiger partial charge in [0.2, 0.25) is 0 Å². The van der Waals surface area contributed by atoms with Gasteiger partial charge in [-0.1, -0.05) is 140 Å². The summed E-state index contributed by atoms with van der Waals surface area (Å²) in [6.45, 7) is 0. The monoisotopic (exact) mass is 636 g/mol. The fourth-order valence-electron chi connectivity index (χ4n) is 8.24. The van der Waals surface area contributed by atoms with Gasteiger partial charge < -0.3 is 8.83 Å². The van der Waals surface area contributed by atoms with Gasteiger partial charge in [0.05, 0.1) is 0 Å². The Kier molecular flexibility index (Phi) is 5.70. The van der Waals surface area contributed by atoms with Crippen LogP contribution in [0.2, 0.25) is 0 Å². The van der Waals surface area contributed by atoms with E-state index in [0.717, 1.165) is 49.4 Å². The summed E-state index contributed by atoms with van der Waals surface area (Å²) in [6, 6.07) is 60.7. The quantitative estimate of drug-likeness (QED) is 0.180. The van der Waals surface area contributed by atoms with Gasteiger partial charge >= 0.3 is 0 Å². The van der Waals surface area contributed by atoms with E-state index in [0.29, 0.717) is 0 Å². The maximum Gasteiger partial charge on any atom is 0.143 e. The maximum absolute atomic E-state index is 6.75. The predicted molar refractivity (Wildman–Crippen MR) is 210 cm³/mol. The Morgan fingerprint density at radius 3 is 1.64 bits per heavy atom. The number of hydrogen-bond donors (Lipinski definition) is 0. The first kappa shape index (κ1) is 27.3. The van der Waals surface area contributed by atoms with Crippen molar-refractivity contribution in [1.82, 2.24) is 0 Å². The first-order chi connectivity index (χ1) is 24.8. The third-order valence-corrected chi connectivity index (χ3v) is 10.5. The second-order valence-corrected chi connectivity index (χ2v) is 13.2. The van der Waals surface area contributed by atoms with Crippen LogP contribution in [-0.4, -0.2) is 0 Å². The molecular formula is C48H28O2. The zero-order valence-corrected chi connectivity index (χ0v) is 27.0. The summed E-state index contributed by atoms with van der Waals surface area (Å²) in [6.07, 6.45) is 0. The second kappa shape index (κ2) is 10.4. The molecule has 0 aliphatic carbocycles. The molecule has 11 rings (SSSR count). The smallest absolute Gasteiger partial charge is 0.143 e. The first-order valence-electron chi connectivity index (χ1n) is 17.1. The van der Waals surface area contributed by atoms with E-state index in [2.05, 4.69) is 170 Å².